The molecule has 1 amide bonds. The first kappa shape index (κ1) is 18.0. The first-order valence-corrected chi connectivity index (χ1v) is 9.02. The minimum Gasteiger partial charge on any atom is -0.497 e. The van der Waals surface area contributed by atoms with Crippen molar-refractivity contribution in [2.24, 2.45) is 0 Å². The normalized spacial score (nSPS) is 24.3. The van der Waals surface area contributed by atoms with Crippen LogP contribution in [0.4, 0.5) is 0 Å². The number of aromatic nitrogens is 2. The molecule has 2 atom stereocenters. The number of carbonyl (C=O) groups excluding carboxylic acids is 1. The Labute approximate surface area is 156 Å². The number of nitrogens with one attached hydrogen (secondary N) is 1. The van der Waals surface area contributed by atoms with Crippen LogP contribution in [-0.4, -0.2) is 75.8 Å². The van der Waals surface area contributed by atoms with E-state index < -0.39 is 17.8 Å². The molecule has 3 N–H and O–H groups in total. The number of likely N-dealkylation sites (tertiary alicyclic amines) is 1. The SMILES string of the molecule is COc1ccc(-c2cc(C(=O)N3CCC4(CC3)OC[C@@H](O)[C@H]4O)[nH]n2)cc1. The summed E-state index contributed by atoms with van der Waals surface area (Å²) in [7, 11) is 1.61. The highest BCUT2D eigenvalue weighted by Crippen LogP contribution is 2.36. The van der Waals surface area contributed by atoms with Gasteiger partial charge in [-0.2, -0.15) is 5.10 Å². The molecule has 144 valence electrons. The molecule has 1 aromatic heterocycles. The largest absolute Gasteiger partial charge is 0.497 e. The fraction of sp³-hybridized carbons (Fsp3) is 0.474. The standard InChI is InChI=1S/C19H23N3O5/c1-26-13-4-2-12(3-5-13)14-10-15(21-20-14)18(25)22-8-6-19(7-9-22)17(24)16(23)11-27-19/h2-5,10,16-17,23-24H,6-9,11H2,1H3,(H,20,21)/t16-,17-/m1/s1. The van der Waals surface area contributed by atoms with E-state index in [1.807, 2.05) is 24.3 Å². The van der Waals surface area contributed by atoms with Gasteiger partial charge in [-0.1, -0.05) is 0 Å². The first-order chi connectivity index (χ1) is 13.0. The fourth-order valence-corrected chi connectivity index (χ4v) is 3.82. The zero-order valence-electron chi connectivity index (χ0n) is 15.1. The van der Waals surface area contributed by atoms with Gasteiger partial charge in [0.05, 0.1) is 19.4 Å². The van der Waals surface area contributed by atoms with Crippen LogP contribution in [0.2, 0.25) is 0 Å². The van der Waals surface area contributed by atoms with Gasteiger partial charge in [-0.3, -0.25) is 9.89 Å². The Bertz CT molecular complexity index is 811. The van der Waals surface area contributed by atoms with Crippen molar-refractivity contribution in [3.8, 4) is 17.0 Å². The van der Waals surface area contributed by atoms with Crippen molar-refractivity contribution in [1.29, 1.82) is 0 Å². The van der Waals surface area contributed by atoms with Gasteiger partial charge < -0.3 is 24.6 Å². The number of aromatic amines is 1. The molecule has 0 radical (unpaired) electrons. The molecule has 0 unspecified atom stereocenters. The van der Waals surface area contributed by atoms with Crippen LogP contribution in [-0.2, 0) is 4.74 Å². The first-order valence-electron chi connectivity index (χ1n) is 9.02. The average molecular weight is 373 g/mol. The summed E-state index contributed by atoms with van der Waals surface area (Å²) < 4.78 is 10.8. The molecule has 27 heavy (non-hydrogen) atoms. The zero-order chi connectivity index (χ0) is 19.0. The maximum Gasteiger partial charge on any atom is 0.271 e. The van der Waals surface area contributed by atoms with Crippen molar-refractivity contribution in [3.63, 3.8) is 0 Å². The smallest absolute Gasteiger partial charge is 0.271 e. The predicted molar refractivity (Wildman–Crippen MR) is 96.4 cm³/mol. The van der Waals surface area contributed by atoms with Crippen LogP contribution < -0.4 is 4.74 Å². The van der Waals surface area contributed by atoms with Gasteiger partial charge >= 0.3 is 0 Å². The highest BCUT2D eigenvalue weighted by molar-refractivity contribution is 5.93. The molecule has 0 bridgehead atoms. The average Bonchev–Trinajstić information content (AvgIpc) is 3.30. The Hall–Kier alpha value is -2.42. The molecule has 0 saturated carbocycles. The third-order valence-corrected chi connectivity index (χ3v) is 5.54. The Morgan fingerprint density at radius 1 is 1.30 bits per heavy atom. The lowest BCUT2D eigenvalue weighted by Gasteiger charge is -2.40. The highest BCUT2D eigenvalue weighted by atomic mass is 16.5. The third kappa shape index (κ3) is 3.20. The molecule has 2 aliphatic heterocycles. The Morgan fingerprint density at radius 2 is 2.00 bits per heavy atom. The third-order valence-electron chi connectivity index (χ3n) is 5.54. The van der Waals surface area contributed by atoms with Crippen molar-refractivity contribution < 1.29 is 24.5 Å². The molecular formula is C19H23N3O5. The molecule has 1 aromatic carbocycles. The maximum atomic E-state index is 12.8. The van der Waals surface area contributed by atoms with E-state index in [1.54, 1.807) is 18.1 Å². The molecule has 2 saturated heterocycles. The molecule has 8 nitrogen and oxygen atoms in total. The number of aliphatic hydroxyl groups excluding tert-OH is 2. The van der Waals surface area contributed by atoms with Gasteiger partial charge in [-0.05, 0) is 43.2 Å². The number of hydrogen-bond donors (Lipinski definition) is 3. The molecule has 2 aliphatic rings. The van der Waals surface area contributed by atoms with Crippen molar-refractivity contribution >= 4 is 5.91 Å². The molecule has 0 aliphatic carbocycles. The molecule has 3 heterocycles. The fourth-order valence-electron chi connectivity index (χ4n) is 3.82. The van der Waals surface area contributed by atoms with E-state index in [-0.39, 0.29) is 12.5 Å². The van der Waals surface area contributed by atoms with Gasteiger partial charge in [0.25, 0.3) is 5.91 Å². The highest BCUT2D eigenvalue weighted by Gasteiger charge is 2.50. The number of nitrogens with zero attached hydrogens (tertiary/aromatic N) is 2. The summed E-state index contributed by atoms with van der Waals surface area (Å²) in [5.41, 5.74) is 1.26. The molecule has 2 aromatic rings. The van der Waals surface area contributed by atoms with Gasteiger partial charge in [0.15, 0.2) is 0 Å². The number of ether oxygens (including phenoxy) is 2. The molecule has 8 heteroatoms. The van der Waals surface area contributed by atoms with E-state index in [0.29, 0.717) is 37.3 Å². The summed E-state index contributed by atoms with van der Waals surface area (Å²) in [6.07, 6.45) is -0.761. The second kappa shape index (κ2) is 6.95. The lowest BCUT2D eigenvalue weighted by atomic mass is 9.85. The summed E-state index contributed by atoms with van der Waals surface area (Å²) in [6.45, 7) is 1.06. The van der Waals surface area contributed by atoms with E-state index in [0.717, 1.165) is 11.3 Å². The zero-order valence-corrected chi connectivity index (χ0v) is 15.1. The van der Waals surface area contributed by atoms with Crippen LogP contribution in [0.5, 0.6) is 5.75 Å². The number of methoxy groups -OCH3 is 1. The van der Waals surface area contributed by atoms with E-state index in [4.69, 9.17) is 9.47 Å². The van der Waals surface area contributed by atoms with E-state index >= 15 is 0 Å². The van der Waals surface area contributed by atoms with Gasteiger partial charge in [0.2, 0.25) is 0 Å². The number of carbonyl (C=O) groups is 1. The summed E-state index contributed by atoms with van der Waals surface area (Å²) in [5, 5.41) is 27.0. The van der Waals surface area contributed by atoms with Crippen molar-refractivity contribution in [1.82, 2.24) is 15.1 Å². The van der Waals surface area contributed by atoms with Crippen LogP contribution in [0.15, 0.2) is 30.3 Å². The number of benzene rings is 1. The summed E-state index contributed by atoms with van der Waals surface area (Å²) >= 11 is 0. The molecular weight excluding hydrogens is 350 g/mol. The lowest BCUT2D eigenvalue weighted by molar-refractivity contribution is -0.0942. The number of piperidine rings is 1. The van der Waals surface area contributed by atoms with Gasteiger partial charge in [0, 0.05) is 18.7 Å². The number of aliphatic hydroxyl groups is 2. The summed E-state index contributed by atoms with van der Waals surface area (Å²) in [5.74, 6) is 0.624. The number of amides is 1. The second-order valence-electron chi connectivity index (χ2n) is 7.08. The minimum atomic E-state index is -0.899. The minimum absolute atomic E-state index is 0.134. The van der Waals surface area contributed by atoms with Crippen molar-refractivity contribution in [2.45, 2.75) is 30.7 Å². The molecule has 4 rings (SSSR count). The van der Waals surface area contributed by atoms with Gasteiger partial charge in [-0.15, -0.1) is 0 Å². The van der Waals surface area contributed by atoms with E-state index in [1.165, 1.54) is 0 Å². The number of rotatable bonds is 3. The predicted octanol–water partition coefficient (Wildman–Crippen LogP) is 0.812. The van der Waals surface area contributed by atoms with Gasteiger partial charge in [0.1, 0.15) is 29.3 Å². The van der Waals surface area contributed by atoms with Crippen LogP contribution in [0.1, 0.15) is 23.3 Å². The van der Waals surface area contributed by atoms with E-state index in [2.05, 4.69) is 10.2 Å². The Kier molecular flexibility index (Phi) is 4.63. The van der Waals surface area contributed by atoms with E-state index in [9.17, 15) is 15.0 Å². The molecule has 2 fully saturated rings. The van der Waals surface area contributed by atoms with Gasteiger partial charge in [-0.25, -0.2) is 0 Å². The van der Waals surface area contributed by atoms with Crippen molar-refractivity contribution in [2.75, 3.05) is 26.8 Å². The lowest BCUT2D eigenvalue weighted by Crippen LogP contribution is -2.52. The van der Waals surface area contributed by atoms with Crippen LogP contribution >= 0.6 is 0 Å². The Balaban J connectivity index is 1.43. The summed E-state index contributed by atoms with van der Waals surface area (Å²) in [6, 6.07) is 9.20. The van der Waals surface area contributed by atoms with Crippen LogP contribution in [0.3, 0.4) is 0 Å². The topological polar surface area (TPSA) is 108 Å². The summed E-state index contributed by atoms with van der Waals surface area (Å²) in [4.78, 5) is 14.5. The number of H-pyrrole nitrogens is 1. The Morgan fingerprint density at radius 3 is 2.59 bits per heavy atom. The van der Waals surface area contributed by atoms with Crippen LogP contribution in [0, 0.1) is 0 Å². The second-order valence-corrected chi connectivity index (χ2v) is 7.08. The quantitative estimate of drug-likeness (QED) is 0.735. The maximum absolute atomic E-state index is 12.8. The monoisotopic (exact) mass is 373 g/mol. The molecule has 1 spiro atoms. The van der Waals surface area contributed by atoms with Crippen molar-refractivity contribution in [3.05, 3.63) is 36.0 Å². The van der Waals surface area contributed by atoms with Crippen LogP contribution in [0.25, 0.3) is 11.3 Å². The number of hydrogen-bond acceptors (Lipinski definition) is 6.